The molecule has 2 fully saturated rings. The largest absolute Gasteiger partial charge is 0.497 e. The molecule has 8 nitrogen and oxygen atoms in total. The van der Waals surface area contributed by atoms with Crippen LogP contribution in [-0.2, 0) is 9.53 Å². The van der Waals surface area contributed by atoms with Gasteiger partial charge in [0.25, 0.3) is 0 Å². The van der Waals surface area contributed by atoms with E-state index >= 15 is 0 Å². The highest BCUT2D eigenvalue weighted by Gasteiger charge is 2.52. The highest BCUT2D eigenvalue weighted by Crippen LogP contribution is 2.55. The first kappa shape index (κ1) is 23.9. The molecule has 1 aromatic carbocycles. The predicted octanol–water partition coefficient (Wildman–Crippen LogP) is 4.23. The van der Waals surface area contributed by atoms with Gasteiger partial charge in [-0.15, -0.1) is 0 Å². The van der Waals surface area contributed by atoms with Crippen molar-refractivity contribution in [1.82, 2.24) is 14.9 Å². The summed E-state index contributed by atoms with van der Waals surface area (Å²) in [6.07, 6.45) is 7.75. The molecule has 8 heteroatoms. The molecule has 0 bridgehead atoms. The van der Waals surface area contributed by atoms with Gasteiger partial charge in [0.05, 0.1) is 19.8 Å². The summed E-state index contributed by atoms with van der Waals surface area (Å²) >= 11 is 0. The summed E-state index contributed by atoms with van der Waals surface area (Å²) in [6.45, 7) is 7.35. The van der Waals surface area contributed by atoms with Crippen molar-refractivity contribution in [3.63, 3.8) is 0 Å². The van der Waals surface area contributed by atoms with Crippen LogP contribution in [0.4, 0.5) is 5.95 Å². The maximum absolute atomic E-state index is 12.8. The molecule has 4 heterocycles. The summed E-state index contributed by atoms with van der Waals surface area (Å²) in [5.74, 6) is 2.76. The van der Waals surface area contributed by atoms with Gasteiger partial charge in [0.1, 0.15) is 17.1 Å². The fraction of sp³-hybridized carbons (Fsp3) is 0.593. The van der Waals surface area contributed by atoms with Gasteiger partial charge in [-0.25, -0.2) is 9.97 Å². The fourth-order valence-electron chi connectivity index (χ4n) is 5.82. The maximum atomic E-state index is 12.8. The SMILES string of the molecule is COc1ccc2c(c1)OC(C)(C)[C@H]1CC3(CCN(C(=O)CCCNc4ncccn4)CC3)CO[C@H]21. The van der Waals surface area contributed by atoms with Gasteiger partial charge < -0.3 is 24.4 Å². The molecule has 1 aromatic heterocycles. The molecule has 5 rings (SSSR count). The number of fused-ring (bicyclic) bond motifs is 3. The lowest BCUT2D eigenvalue weighted by atomic mass is 9.64. The normalized spacial score (nSPS) is 24.1. The first-order chi connectivity index (χ1) is 16.9. The van der Waals surface area contributed by atoms with E-state index < -0.39 is 0 Å². The zero-order valence-electron chi connectivity index (χ0n) is 21.0. The van der Waals surface area contributed by atoms with E-state index in [4.69, 9.17) is 14.2 Å². The van der Waals surface area contributed by atoms with Crippen LogP contribution in [0.5, 0.6) is 11.5 Å². The summed E-state index contributed by atoms with van der Waals surface area (Å²) < 4.78 is 18.4. The number of carbonyl (C=O) groups is 1. The second-order valence-corrected chi connectivity index (χ2v) is 10.6. The van der Waals surface area contributed by atoms with Crippen molar-refractivity contribution in [1.29, 1.82) is 0 Å². The first-order valence-electron chi connectivity index (χ1n) is 12.7. The van der Waals surface area contributed by atoms with Crippen molar-refractivity contribution in [2.75, 3.05) is 38.7 Å². The average Bonchev–Trinajstić information content (AvgIpc) is 2.87. The number of hydrogen-bond acceptors (Lipinski definition) is 7. The lowest BCUT2D eigenvalue weighted by Crippen LogP contribution is -2.54. The Morgan fingerprint density at radius 1 is 1.23 bits per heavy atom. The predicted molar refractivity (Wildman–Crippen MR) is 133 cm³/mol. The minimum Gasteiger partial charge on any atom is -0.497 e. The summed E-state index contributed by atoms with van der Waals surface area (Å²) in [7, 11) is 1.67. The van der Waals surface area contributed by atoms with Gasteiger partial charge in [0, 0.05) is 56.0 Å². The summed E-state index contributed by atoms with van der Waals surface area (Å²) in [5.41, 5.74) is 0.890. The molecule has 1 N–H and O–H groups in total. The zero-order chi connectivity index (χ0) is 24.5. The van der Waals surface area contributed by atoms with Crippen LogP contribution in [0.1, 0.15) is 57.6 Å². The third kappa shape index (κ3) is 4.94. The monoisotopic (exact) mass is 480 g/mol. The molecular formula is C27H36N4O4. The van der Waals surface area contributed by atoms with Crippen LogP contribution in [-0.4, -0.2) is 59.7 Å². The molecule has 2 aromatic rings. The molecule has 1 spiro atoms. The number of piperidine rings is 1. The third-order valence-electron chi connectivity index (χ3n) is 7.97. The molecule has 0 radical (unpaired) electrons. The van der Waals surface area contributed by atoms with Crippen LogP contribution >= 0.6 is 0 Å². The van der Waals surface area contributed by atoms with Gasteiger partial charge in [-0.3, -0.25) is 4.79 Å². The molecular weight excluding hydrogens is 444 g/mol. The summed E-state index contributed by atoms with van der Waals surface area (Å²) in [4.78, 5) is 23.1. The van der Waals surface area contributed by atoms with E-state index in [1.54, 1.807) is 25.6 Å². The first-order valence-corrected chi connectivity index (χ1v) is 12.7. The number of hydrogen-bond donors (Lipinski definition) is 1. The topological polar surface area (TPSA) is 85.8 Å². The van der Waals surface area contributed by atoms with Crippen molar-refractivity contribution in [2.45, 2.75) is 57.7 Å². The molecule has 35 heavy (non-hydrogen) atoms. The van der Waals surface area contributed by atoms with E-state index in [0.717, 1.165) is 62.4 Å². The molecule has 3 aliphatic rings. The Labute approximate surface area is 207 Å². The number of rotatable bonds is 6. The van der Waals surface area contributed by atoms with Crippen molar-refractivity contribution in [3.05, 3.63) is 42.2 Å². The average molecular weight is 481 g/mol. The van der Waals surface area contributed by atoms with Crippen LogP contribution in [0.25, 0.3) is 0 Å². The van der Waals surface area contributed by atoms with E-state index in [1.165, 1.54) is 0 Å². The zero-order valence-corrected chi connectivity index (χ0v) is 21.0. The van der Waals surface area contributed by atoms with Crippen LogP contribution in [0.15, 0.2) is 36.7 Å². The second-order valence-electron chi connectivity index (χ2n) is 10.6. The fourth-order valence-corrected chi connectivity index (χ4v) is 5.82. The lowest BCUT2D eigenvalue weighted by Gasteiger charge is -2.54. The Kier molecular flexibility index (Phi) is 6.57. The Balaban J connectivity index is 1.15. The summed E-state index contributed by atoms with van der Waals surface area (Å²) in [6, 6.07) is 7.82. The lowest BCUT2D eigenvalue weighted by molar-refractivity contribution is -0.176. The maximum Gasteiger partial charge on any atom is 0.222 e. The number of benzene rings is 1. The number of methoxy groups -OCH3 is 1. The van der Waals surface area contributed by atoms with E-state index in [1.807, 2.05) is 17.0 Å². The van der Waals surface area contributed by atoms with Gasteiger partial charge in [0.2, 0.25) is 11.9 Å². The van der Waals surface area contributed by atoms with Crippen molar-refractivity contribution < 1.29 is 19.0 Å². The van der Waals surface area contributed by atoms with E-state index in [0.29, 0.717) is 18.9 Å². The smallest absolute Gasteiger partial charge is 0.222 e. The Morgan fingerprint density at radius 2 is 2.00 bits per heavy atom. The quantitative estimate of drug-likeness (QED) is 0.619. The van der Waals surface area contributed by atoms with E-state index in [9.17, 15) is 4.79 Å². The number of aromatic nitrogens is 2. The van der Waals surface area contributed by atoms with Gasteiger partial charge in [-0.2, -0.15) is 0 Å². The molecule has 188 valence electrons. The van der Waals surface area contributed by atoms with Gasteiger partial charge in [-0.05, 0) is 63.1 Å². The Morgan fingerprint density at radius 3 is 2.74 bits per heavy atom. The highest BCUT2D eigenvalue weighted by molar-refractivity contribution is 5.76. The number of nitrogens with zero attached hydrogens (tertiary/aromatic N) is 3. The number of amides is 1. The minimum atomic E-state index is -0.333. The van der Waals surface area contributed by atoms with Gasteiger partial charge >= 0.3 is 0 Å². The number of carbonyl (C=O) groups excluding carboxylic acids is 1. The number of ether oxygens (including phenoxy) is 3. The van der Waals surface area contributed by atoms with Crippen LogP contribution < -0.4 is 14.8 Å². The van der Waals surface area contributed by atoms with Gasteiger partial charge in [0.15, 0.2) is 0 Å². The van der Waals surface area contributed by atoms with Crippen molar-refractivity contribution >= 4 is 11.9 Å². The number of nitrogens with one attached hydrogen (secondary N) is 1. The molecule has 3 aliphatic heterocycles. The van der Waals surface area contributed by atoms with Crippen molar-refractivity contribution in [2.24, 2.45) is 11.3 Å². The molecule has 2 saturated heterocycles. The minimum absolute atomic E-state index is 0.0334. The van der Waals surface area contributed by atoms with Crippen LogP contribution in [0.2, 0.25) is 0 Å². The Hall–Kier alpha value is -2.87. The summed E-state index contributed by atoms with van der Waals surface area (Å²) in [5, 5.41) is 3.17. The highest BCUT2D eigenvalue weighted by atomic mass is 16.5. The van der Waals surface area contributed by atoms with Crippen molar-refractivity contribution in [3.8, 4) is 11.5 Å². The van der Waals surface area contributed by atoms with Gasteiger partial charge in [-0.1, -0.05) is 0 Å². The standard InChI is InChI=1S/C27H36N4O4/c1-26(2)21-17-27(18-34-24(21)20-8-7-19(33-3)16-22(20)35-26)9-14-31(15-10-27)23(32)6-4-11-28-25-29-12-5-13-30-25/h5,7-8,12-13,16,21,24H,4,6,9-11,14-15,17-18H2,1-3H3,(H,28,29,30)/t21-,24+/m0/s1. The second kappa shape index (κ2) is 9.64. The van der Waals surface area contributed by atoms with E-state index in [-0.39, 0.29) is 28.9 Å². The van der Waals surface area contributed by atoms with Crippen LogP contribution in [0.3, 0.4) is 0 Å². The molecule has 0 saturated carbocycles. The molecule has 0 aliphatic carbocycles. The van der Waals surface area contributed by atoms with Crippen LogP contribution in [0, 0.1) is 11.3 Å². The number of likely N-dealkylation sites (tertiary alicyclic amines) is 1. The molecule has 2 atom stereocenters. The molecule has 1 amide bonds. The Bertz CT molecular complexity index is 1040. The molecule has 0 unspecified atom stereocenters. The third-order valence-corrected chi connectivity index (χ3v) is 7.97. The van der Waals surface area contributed by atoms with E-state index in [2.05, 4.69) is 35.2 Å². The number of anilines is 1.